The van der Waals surface area contributed by atoms with Gasteiger partial charge in [0.2, 0.25) is 5.88 Å². The van der Waals surface area contributed by atoms with Gasteiger partial charge in [-0.1, -0.05) is 13.3 Å². The minimum absolute atomic E-state index is 0.0501. The van der Waals surface area contributed by atoms with Crippen LogP contribution in [0, 0.1) is 0 Å². The van der Waals surface area contributed by atoms with Gasteiger partial charge in [0.15, 0.2) is 5.69 Å². The Kier molecular flexibility index (Phi) is 4.19. The van der Waals surface area contributed by atoms with Crippen molar-refractivity contribution >= 4 is 11.0 Å². The molecular weight excluding hydrogens is 323 g/mol. The lowest BCUT2D eigenvalue weighted by Gasteiger charge is -2.41. The fraction of sp³-hybridized carbons (Fsp3) is 0.625. The first kappa shape index (κ1) is 17.0. The van der Waals surface area contributed by atoms with Gasteiger partial charge in [-0.2, -0.15) is 13.2 Å². The van der Waals surface area contributed by atoms with Gasteiger partial charge in [-0.15, -0.1) is 0 Å². The minimum atomic E-state index is -4.60. The predicted molar refractivity (Wildman–Crippen MR) is 81.8 cm³/mol. The number of hydrogen-bond donors (Lipinski definition) is 1. The van der Waals surface area contributed by atoms with Crippen molar-refractivity contribution in [2.45, 2.75) is 57.3 Å². The summed E-state index contributed by atoms with van der Waals surface area (Å²) < 4.78 is 47.2. The number of imidazole rings is 1. The highest BCUT2D eigenvalue weighted by molar-refractivity contribution is 5.79. The maximum Gasteiger partial charge on any atom is 0.435 e. The molecule has 2 aromatic rings. The van der Waals surface area contributed by atoms with Crippen molar-refractivity contribution in [2.24, 2.45) is 0 Å². The van der Waals surface area contributed by atoms with Crippen LogP contribution in [-0.2, 0) is 6.18 Å². The van der Waals surface area contributed by atoms with Gasteiger partial charge in [-0.25, -0.2) is 9.97 Å². The number of pyridine rings is 1. The number of aromatic nitrogens is 3. The van der Waals surface area contributed by atoms with Crippen LogP contribution < -0.4 is 4.74 Å². The number of alkyl halides is 3. The average molecular weight is 343 g/mol. The van der Waals surface area contributed by atoms with Crippen molar-refractivity contribution in [3.05, 3.63) is 18.1 Å². The number of halogens is 3. The second kappa shape index (κ2) is 5.91. The molecule has 0 amide bonds. The Bertz CT molecular complexity index is 732. The molecule has 0 bridgehead atoms. The monoisotopic (exact) mass is 343 g/mol. The molecule has 5 nitrogen and oxygen atoms in total. The average Bonchev–Trinajstić information content (AvgIpc) is 2.86. The third-order valence-corrected chi connectivity index (χ3v) is 4.29. The third kappa shape index (κ3) is 3.19. The zero-order chi connectivity index (χ0) is 17.5. The Hall–Kier alpha value is -1.83. The van der Waals surface area contributed by atoms with Crippen LogP contribution in [0.25, 0.3) is 11.0 Å². The van der Waals surface area contributed by atoms with E-state index in [-0.39, 0.29) is 23.0 Å². The normalized spacial score (nSPS) is 24.2. The molecule has 1 N–H and O–H groups in total. The fourth-order valence-electron chi connectivity index (χ4n) is 3.06. The van der Waals surface area contributed by atoms with Gasteiger partial charge in [0.05, 0.1) is 29.6 Å². The van der Waals surface area contributed by atoms with Crippen molar-refractivity contribution < 1.29 is 23.0 Å². The van der Waals surface area contributed by atoms with Crippen molar-refractivity contribution in [3.63, 3.8) is 0 Å². The summed E-state index contributed by atoms with van der Waals surface area (Å²) in [6, 6.07) is 1.23. The highest BCUT2D eigenvalue weighted by Gasteiger charge is 2.43. The molecule has 0 atom stereocenters. The van der Waals surface area contributed by atoms with E-state index in [2.05, 4.69) is 9.97 Å². The zero-order valence-corrected chi connectivity index (χ0v) is 13.6. The molecule has 8 heteroatoms. The van der Waals surface area contributed by atoms with E-state index < -0.39 is 17.5 Å². The quantitative estimate of drug-likeness (QED) is 0.841. The summed E-state index contributed by atoms with van der Waals surface area (Å²) in [7, 11) is 0. The molecule has 0 aromatic carbocycles. The van der Waals surface area contributed by atoms with Crippen molar-refractivity contribution in [1.82, 2.24) is 14.5 Å². The van der Waals surface area contributed by atoms with E-state index in [1.165, 1.54) is 17.0 Å². The summed E-state index contributed by atoms with van der Waals surface area (Å²) >= 11 is 0. The molecule has 0 saturated heterocycles. The summed E-state index contributed by atoms with van der Waals surface area (Å²) in [5, 5.41) is 9.86. The molecule has 1 aliphatic rings. The van der Waals surface area contributed by atoms with E-state index >= 15 is 0 Å². The van der Waals surface area contributed by atoms with Gasteiger partial charge >= 0.3 is 6.18 Å². The fourth-order valence-corrected chi connectivity index (χ4v) is 3.06. The molecule has 0 radical (unpaired) electrons. The number of aliphatic hydroxyl groups is 1. The van der Waals surface area contributed by atoms with E-state index in [0.717, 1.165) is 12.8 Å². The van der Waals surface area contributed by atoms with Crippen LogP contribution in [0.1, 0.15) is 51.3 Å². The smallest absolute Gasteiger partial charge is 0.435 e. The summed E-state index contributed by atoms with van der Waals surface area (Å²) in [5.74, 6) is -0.0610. The molecule has 0 unspecified atom stereocenters. The highest BCUT2D eigenvalue weighted by Crippen LogP contribution is 2.44. The predicted octanol–water partition coefficient (Wildman–Crippen LogP) is 3.71. The summed E-state index contributed by atoms with van der Waals surface area (Å²) in [5.41, 5.74) is -1.67. The van der Waals surface area contributed by atoms with Gasteiger partial charge in [-0.3, -0.25) is 0 Å². The van der Waals surface area contributed by atoms with Gasteiger partial charge in [0.25, 0.3) is 0 Å². The number of unbranched alkanes of at least 4 members (excludes halogenated alkanes) is 1. The molecule has 1 fully saturated rings. The van der Waals surface area contributed by atoms with Gasteiger partial charge in [-0.05, 0) is 26.2 Å². The van der Waals surface area contributed by atoms with E-state index in [9.17, 15) is 18.3 Å². The maximum absolute atomic E-state index is 13.5. The third-order valence-electron chi connectivity index (χ3n) is 4.29. The molecule has 2 heterocycles. The van der Waals surface area contributed by atoms with Crippen LogP contribution in [0.3, 0.4) is 0 Å². The molecule has 3 rings (SSSR count). The van der Waals surface area contributed by atoms with Crippen molar-refractivity contribution in [3.8, 4) is 5.88 Å². The summed E-state index contributed by atoms with van der Waals surface area (Å²) in [4.78, 5) is 7.78. The second-order valence-corrected chi connectivity index (χ2v) is 6.59. The maximum atomic E-state index is 13.5. The number of ether oxygens (including phenoxy) is 1. The number of fused-ring (bicyclic) bond motifs is 1. The van der Waals surface area contributed by atoms with E-state index in [1.807, 2.05) is 6.92 Å². The molecular formula is C16H20F3N3O2. The van der Waals surface area contributed by atoms with Crippen LogP contribution in [0.4, 0.5) is 13.2 Å². The van der Waals surface area contributed by atoms with E-state index in [0.29, 0.717) is 19.4 Å². The van der Waals surface area contributed by atoms with Crippen LogP contribution >= 0.6 is 0 Å². The van der Waals surface area contributed by atoms with Gasteiger partial charge in [0, 0.05) is 12.1 Å². The van der Waals surface area contributed by atoms with E-state index in [1.54, 1.807) is 6.92 Å². The van der Waals surface area contributed by atoms with Crippen LogP contribution in [0.2, 0.25) is 0 Å². The largest absolute Gasteiger partial charge is 0.478 e. The number of nitrogens with zero attached hydrogens (tertiary/aromatic N) is 3. The van der Waals surface area contributed by atoms with Gasteiger partial charge in [0.1, 0.15) is 0 Å². The lowest BCUT2D eigenvalue weighted by Crippen LogP contribution is -2.41. The second-order valence-electron chi connectivity index (χ2n) is 6.59. The van der Waals surface area contributed by atoms with Crippen LogP contribution in [-0.4, -0.2) is 31.8 Å². The Balaban J connectivity index is 2.01. The summed E-state index contributed by atoms with van der Waals surface area (Å²) in [6.07, 6.45) is -0.809. The number of hydrogen-bond acceptors (Lipinski definition) is 4. The lowest BCUT2D eigenvalue weighted by atomic mass is 9.77. The first-order valence-corrected chi connectivity index (χ1v) is 8.01. The van der Waals surface area contributed by atoms with E-state index in [4.69, 9.17) is 4.74 Å². The molecule has 1 aliphatic carbocycles. The molecule has 1 saturated carbocycles. The van der Waals surface area contributed by atoms with Crippen LogP contribution in [0.15, 0.2) is 12.4 Å². The number of rotatable bonds is 5. The first-order valence-electron chi connectivity index (χ1n) is 8.01. The SMILES string of the molecule is CCCCOc1cc2ncn([C@H]3C[C@@](C)(O)C3)c2c(C(F)(F)F)n1. The van der Waals surface area contributed by atoms with Gasteiger partial charge < -0.3 is 14.4 Å². The molecule has 132 valence electrons. The van der Waals surface area contributed by atoms with Crippen molar-refractivity contribution in [2.75, 3.05) is 6.61 Å². The molecule has 0 spiro atoms. The standard InChI is InChI=1S/C16H20F3N3O2/c1-3-4-5-24-12-6-11-13(14(21-12)16(17,18)19)22(9-20-11)10-7-15(2,23)8-10/h6,9-10,23H,3-5,7-8H2,1-2H3/t10-,15+. The minimum Gasteiger partial charge on any atom is -0.478 e. The highest BCUT2D eigenvalue weighted by atomic mass is 19.4. The topological polar surface area (TPSA) is 60.2 Å². The van der Waals surface area contributed by atoms with Crippen molar-refractivity contribution in [1.29, 1.82) is 0 Å². The summed E-state index contributed by atoms with van der Waals surface area (Å²) in [6.45, 7) is 3.96. The lowest BCUT2D eigenvalue weighted by molar-refractivity contribution is -0.140. The Morgan fingerprint density at radius 3 is 2.71 bits per heavy atom. The first-order chi connectivity index (χ1) is 11.2. The zero-order valence-electron chi connectivity index (χ0n) is 13.6. The molecule has 24 heavy (non-hydrogen) atoms. The molecule has 2 aromatic heterocycles. The van der Waals surface area contributed by atoms with Crippen LogP contribution in [0.5, 0.6) is 5.88 Å². The Morgan fingerprint density at radius 2 is 2.12 bits per heavy atom. The molecule has 0 aliphatic heterocycles. The Labute approximate surface area is 137 Å². The Morgan fingerprint density at radius 1 is 1.42 bits per heavy atom.